The van der Waals surface area contributed by atoms with Crippen LogP contribution >= 0.6 is 0 Å². The number of amides is 2. The highest BCUT2D eigenvalue weighted by Gasteiger charge is 2.31. The third-order valence-corrected chi connectivity index (χ3v) is 6.79. The van der Waals surface area contributed by atoms with Crippen molar-refractivity contribution >= 4 is 21.8 Å². The number of carbonyl (C=O) groups is 2. The molecular formula is C20H29N3O5S. The van der Waals surface area contributed by atoms with Gasteiger partial charge in [-0.05, 0) is 37.8 Å². The predicted octanol–water partition coefficient (Wildman–Crippen LogP) is 0.844. The number of nitrogens with one attached hydrogen (secondary N) is 1. The number of ether oxygens (including phenoxy) is 1. The molecule has 8 nitrogen and oxygen atoms in total. The highest BCUT2D eigenvalue weighted by Crippen LogP contribution is 2.20. The molecule has 2 amide bonds. The van der Waals surface area contributed by atoms with E-state index in [2.05, 4.69) is 5.32 Å². The van der Waals surface area contributed by atoms with Crippen LogP contribution in [0.1, 0.15) is 25.7 Å². The number of hydrogen-bond acceptors (Lipinski definition) is 5. The Labute approximate surface area is 172 Å². The normalized spacial score (nSPS) is 21.6. The lowest BCUT2D eigenvalue weighted by Gasteiger charge is -2.34. The van der Waals surface area contributed by atoms with E-state index in [0.29, 0.717) is 44.8 Å². The summed E-state index contributed by atoms with van der Waals surface area (Å²) in [6.45, 7) is 1.88. The van der Waals surface area contributed by atoms with Crippen LogP contribution in [-0.2, 0) is 19.6 Å². The summed E-state index contributed by atoms with van der Waals surface area (Å²) in [7, 11) is -3.24. The number of benzene rings is 1. The highest BCUT2D eigenvalue weighted by atomic mass is 32.2. The standard InChI is InChI=1S/C20H29N3O5S/c1-29(26,27)23-11-5-6-17(14-23)21-20(25)16-9-12-22(13-10-16)19(24)15-28-18-7-3-2-4-8-18/h2-4,7-8,16-17H,5-6,9-15H2,1H3,(H,21,25). The van der Waals surface area contributed by atoms with Crippen LogP contribution in [0.5, 0.6) is 5.75 Å². The molecule has 0 spiro atoms. The first-order valence-electron chi connectivity index (χ1n) is 10.0. The molecule has 2 saturated heterocycles. The molecule has 0 saturated carbocycles. The molecule has 29 heavy (non-hydrogen) atoms. The van der Waals surface area contributed by atoms with Crippen molar-refractivity contribution in [2.75, 3.05) is 39.0 Å². The second kappa shape index (κ2) is 9.58. The van der Waals surface area contributed by atoms with Crippen LogP contribution < -0.4 is 10.1 Å². The Balaban J connectivity index is 1.41. The largest absolute Gasteiger partial charge is 0.484 e. The molecular weight excluding hydrogens is 394 g/mol. The van der Waals surface area contributed by atoms with E-state index in [1.54, 1.807) is 17.0 Å². The molecule has 1 unspecified atom stereocenters. The molecule has 0 aliphatic carbocycles. The zero-order chi connectivity index (χ0) is 20.9. The lowest BCUT2D eigenvalue weighted by atomic mass is 9.95. The van der Waals surface area contributed by atoms with Crippen LogP contribution in [0.4, 0.5) is 0 Å². The van der Waals surface area contributed by atoms with Crippen LogP contribution in [0.25, 0.3) is 0 Å². The maximum Gasteiger partial charge on any atom is 0.260 e. The van der Waals surface area contributed by atoms with E-state index in [-0.39, 0.29) is 30.4 Å². The van der Waals surface area contributed by atoms with Crippen molar-refractivity contribution in [3.63, 3.8) is 0 Å². The van der Waals surface area contributed by atoms with Gasteiger partial charge in [-0.1, -0.05) is 18.2 Å². The lowest BCUT2D eigenvalue weighted by molar-refractivity contribution is -0.137. The number of para-hydroxylation sites is 1. The Hall–Kier alpha value is -2.13. The van der Waals surface area contributed by atoms with Crippen molar-refractivity contribution in [2.24, 2.45) is 5.92 Å². The van der Waals surface area contributed by atoms with Gasteiger partial charge in [-0.15, -0.1) is 0 Å². The second-order valence-electron chi connectivity index (χ2n) is 7.73. The number of carbonyl (C=O) groups excluding carboxylic acids is 2. The molecule has 0 bridgehead atoms. The van der Waals surface area contributed by atoms with Crippen molar-refractivity contribution in [1.82, 2.24) is 14.5 Å². The monoisotopic (exact) mass is 423 g/mol. The van der Waals surface area contributed by atoms with E-state index < -0.39 is 10.0 Å². The van der Waals surface area contributed by atoms with Gasteiger partial charge in [-0.3, -0.25) is 9.59 Å². The molecule has 2 fully saturated rings. The Kier molecular flexibility index (Phi) is 7.13. The van der Waals surface area contributed by atoms with Crippen LogP contribution in [0, 0.1) is 5.92 Å². The molecule has 1 aromatic rings. The van der Waals surface area contributed by atoms with Crippen LogP contribution in [-0.4, -0.2) is 74.5 Å². The predicted molar refractivity (Wildman–Crippen MR) is 109 cm³/mol. The van der Waals surface area contributed by atoms with Gasteiger partial charge in [0.15, 0.2) is 6.61 Å². The fourth-order valence-electron chi connectivity index (χ4n) is 3.82. The molecule has 160 valence electrons. The first-order valence-corrected chi connectivity index (χ1v) is 11.9. The van der Waals surface area contributed by atoms with Crippen molar-refractivity contribution in [1.29, 1.82) is 0 Å². The zero-order valence-electron chi connectivity index (χ0n) is 16.7. The maximum atomic E-state index is 12.6. The molecule has 2 aliphatic heterocycles. The average Bonchev–Trinajstić information content (AvgIpc) is 2.72. The molecule has 2 aliphatic rings. The van der Waals surface area contributed by atoms with E-state index in [4.69, 9.17) is 4.74 Å². The van der Waals surface area contributed by atoms with Gasteiger partial charge in [0.25, 0.3) is 5.91 Å². The smallest absolute Gasteiger partial charge is 0.260 e. The Morgan fingerprint density at radius 1 is 1.10 bits per heavy atom. The van der Waals surface area contributed by atoms with Gasteiger partial charge in [0.05, 0.1) is 6.26 Å². The zero-order valence-corrected chi connectivity index (χ0v) is 17.6. The minimum Gasteiger partial charge on any atom is -0.484 e. The molecule has 2 heterocycles. The fraction of sp³-hybridized carbons (Fsp3) is 0.600. The summed E-state index contributed by atoms with van der Waals surface area (Å²) < 4.78 is 30.4. The highest BCUT2D eigenvalue weighted by molar-refractivity contribution is 7.88. The molecule has 1 N–H and O–H groups in total. The number of sulfonamides is 1. The first-order chi connectivity index (χ1) is 13.8. The van der Waals surface area contributed by atoms with Gasteiger partial charge < -0.3 is 15.0 Å². The average molecular weight is 424 g/mol. The summed E-state index contributed by atoms with van der Waals surface area (Å²) >= 11 is 0. The van der Waals surface area contributed by atoms with E-state index >= 15 is 0 Å². The van der Waals surface area contributed by atoms with Gasteiger partial charge in [-0.25, -0.2) is 12.7 Å². The summed E-state index contributed by atoms with van der Waals surface area (Å²) in [6, 6.07) is 9.05. The van der Waals surface area contributed by atoms with Crippen LogP contribution in [0.15, 0.2) is 30.3 Å². The molecule has 0 radical (unpaired) electrons. The van der Waals surface area contributed by atoms with Gasteiger partial charge in [0.1, 0.15) is 5.75 Å². The molecule has 1 aromatic carbocycles. The minimum absolute atomic E-state index is 0.00965. The van der Waals surface area contributed by atoms with Crippen molar-refractivity contribution in [3.05, 3.63) is 30.3 Å². The van der Waals surface area contributed by atoms with Crippen molar-refractivity contribution < 1.29 is 22.7 Å². The summed E-state index contributed by atoms with van der Waals surface area (Å²) in [5.74, 6) is 0.384. The third kappa shape index (κ3) is 6.17. The Morgan fingerprint density at radius 3 is 2.45 bits per heavy atom. The van der Waals surface area contributed by atoms with Crippen molar-refractivity contribution in [2.45, 2.75) is 31.7 Å². The van der Waals surface area contributed by atoms with E-state index in [0.717, 1.165) is 12.8 Å². The molecule has 1 atom stereocenters. The third-order valence-electron chi connectivity index (χ3n) is 5.52. The van der Waals surface area contributed by atoms with Gasteiger partial charge in [0, 0.05) is 38.1 Å². The number of likely N-dealkylation sites (tertiary alicyclic amines) is 1. The van der Waals surface area contributed by atoms with Gasteiger partial charge in [0.2, 0.25) is 15.9 Å². The molecule has 3 rings (SSSR count). The number of nitrogens with zero attached hydrogens (tertiary/aromatic N) is 2. The molecule has 9 heteroatoms. The van der Waals surface area contributed by atoms with E-state index in [1.165, 1.54) is 10.6 Å². The summed E-state index contributed by atoms with van der Waals surface area (Å²) in [5.41, 5.74) is 0. The second-order valence-corrected chi connectivity index (χ2v) is 9.71. The SMILES string of the molecule is CS(=O)(=O)N1CCCC(NC(=O)C2CCN(C(=O)COc3ccccc3)CC2)C1. The van der Waals surface area contributed by atoms with Crippen molar-refractivity contribution in [3.8, 4) is 5.75 Å². The number of hydrogen-bond donors (Lipinski definition) is 1. The number of rotatable bonds is 6. The topological polar surface area (TPSA) is 96.0 Å². The number of piperidine rings is 2. The van der Waals surface area contributed by atoms with E-state index in [9.17, 15) is 18.0 Å². The quantitative estimate of drug-likeness (QED) is 0.732. The van der Waals surface area contributed by atoms with Gasteiger partial charge in [-0.2, -0.15) is 0 Å². The van der Waals surface area contributed by atoms with E-state index in [1.807, 2.05) is 18.2 Å². The summed E-state index contributed by atoms with van der Waals surface area (Å²) in [6.07, 6.45) is 3.93. The maximum absolute atomic E-state index is 12.6. The minimum atomic E-state index is -3.24. The van der Waals surface area contributed by atoms with Crippen LogP contribution in [0.3, 0.4) is 0 Å². The summed E-state index contributed by atoms with van der Waals surface area (Å²) in [4.78, 5) is 26.7. The first kappa shape index (κ1) is 21.6. The summed E-state index contributed by atoms with van der Waals surface area (Å²) in [5, 5.41) is 3.01. The fourth-order valence-corrected chi connectivity index (χ4v) is 4.74. The lowest BCUT2D eigenvalue weighted by Crippen LogP contribution is -2.52. The Bertz CT molecular complexity index is 807. The van der Waals surface area contributed by atoms with Gasteiger partial charge >= 0.3 is 0 Å². The molecule has 0 aromatic heterocycles. The Morgan fingerprint density at radius 2 is 1.79 bits per heavy atom. The van der Waals surface area contributed by atoms with Crippen LogP contribution in [0.2, 0.25) is 0 Å².